The lowest BCUT2D eigenvalue weighted by molar-refractivity contribution is 0.0622. The fraction of sp³-hybridized carbons (Fsp3) is 0.533. The first-order valence-corrected chi connectivity index (χ1v) is 6.82. The molecule has 3 N–H and O–H groups in total. The maximum Gasteiger partial charge on any atom is 0.161 e. The standard InChI is InChI=1S/C15H22N2O2/c1-10(12-5-7-19-8-6-12)17-13-3-4-14(11(2)18)15(16)9-13/h3-4,9-10,12,17H,5-8,16H2,1-2H3. The fourth-order valence-electron chi connectivity index (χ4n) is 2.57. The van der Waals surface area contributed by atoms with Gasteiger partial charge >= 0.3 is 0 Å². The van der Waals surface area contributed by atoms with Gasteiger partial charge in [0.1, 0.15) is 0 Å². The molecule has 1 unspecified atom stereocenters. The van der Waals surface area contributed by atoms with Crippen molar-refractivity contribution in [3.05, 3.63) is 23.8 Å². The second kappa shape index (κ2) is 6.06. The summed E-state index contributed by atoms with van der Waals surface area (Å²) in [7, 11) is 0. The monoisotopic (exact) mass is 262 g/mol. The summed E-state index contributed by atoms with van der Waals surface area (Å²) in [4.78, 5) is 11.3. The van der Waals surface area contributed by atoms with Crippen molar-refractivity contribution in [2.75, 3.05) is 24.3 Å². The Hall–Kier alpha value is -1.55. The summed E-state index contributed by atoms with van der Waals surface area (Å²) in [5, 5.41) is 3.47. The predicted octanol–water partition coefficient (Wildman–Crippen LogP) is 2.70. The van der Waals surface area contributed by atoms with Crippen molar-refractivity contribution in [3.8, 4) is 0 Å². The topological polar surface area (TPSA) is 64.3 Å². The number of hydrogen-bond donors (Lipinski definition) is 2. The van der Waals surface area contributed by atoms with Crippen LogP contribution in [0.4, 0.5) is 11.4 Å². The van der Waals surface area contributed by atoms with Gasteiger partial charge in [-0.05, 0) is 50.8 Å². The number of benzene rings is 1. The molecule has 2 rings (SSSR count). The minimum absolute atomic E-state index is 0.00141. The molecular weight excluding hydrogens is 240 g/mol. The van der Waals surface area contributed by atoms with Crippen molar-refractivity contribution in [2.24, 2.45) is 5.92 Å². The zero-order chi connectivity index (χ0) is 13.8. The first-order chi connectivity index (χ1) is 9.08. The highest BCUT2D eigenvalue weighted by Gasteiger charge is 2.20. The Kier molecular flexibility index (Phi) is 4.43. The lowest BCUT2D eigenvalue weighted by atomic mass is 9.92. The zero-order valence-electron chi connectivity index (χ0n) is 11.6. The maximum absolute atomic E-state index is 11.3. The van der Waals surface area contributed by atoms with Crippen LogP contribution in [0.5, 0.6) is 0 Å². The summed E-state index contributed by atoms with van der Waals surface area (Å²) in [6.07, 6.45) is 2.18. The smallest absolute Gasteiger partial charge is 0.161 e. The molecule has 4 nitrogen and oxygen atoms in total. The third-order valence-electron chi connectivity index (χ3n) is 3.80. The van der Waals surface area contributed by atoms with E-state index in [2.05, 4.69) is 12.2 Å². The number of nitrogens with two attached hydrogens (primary N) is 1. The van der Waals surface area contributed by atoms with Gasteiger partial charge in [-0.25, -0.2) is 0 Å². The molecule has 1 aromatic carbocycles. The second-order valence-corrected chi connectivity index (χ2v) is 5.24. The molecule has 0 spiro atoms. The van der Waals surface area contributed by atoms with Crippen LogP contribution in [0, 0.1) is 5.92 Å². The maximum atomic E-state index is 11.3. The SMILES string of the molecule is CC(=O)c1ccc(NC(C)C2CCOCC2)cc1N. The van der Waals surface area contributed by atoms with Crippen LogP contribution < -0.4 is 11.1 Å². The molecule has 1 atom stereocenters. The van der Waals surface area contributed by atoms with Gasteiger partial charge in [0, 0.05) is 36.2 Å². The molecule has 1 aromatic rings. The first-order valence-electron chi connectivity index (χ1n) is 6.82. The number of ether oxygens (including phenoxy) is 1. The first kappa shape index (κ1) is 13.9. The zero-order valence-corrected chi connectivity index (χ0v) is 11.6. The Balaban J connectivity index is 2.02. The molecule has 1 heterocycles. The molecule has 0 amide bonds. The predicted molar refractivity (Wildman–Crippen MR) is 77.5 cm³/mol. The average molecular weight is 262 g/mol. The van der Waals surface area contributed by atoms with E-state index >= 15 is 0 Å². The molecule has 1 fully saturated rings. The molecule has 0 saturated carbocycles. The third-order valence-corrected chi connectivity index (χ3v) is 3.80. The van der Waals surface area contributed by atoms with E-state index in [9.17, 15) is 4.79 Å². The van der Waals surface area contributed by atoms with Crippen LogP contribution in [-0.2, 0) is 4.74 Å². The van der Waals surface area contributed by atoms with E-state index in [1.807, 2.05) is 12.1 Å². The summed E-state index contributed by atoms with van der Waals surface area (Å²) < 4.78 is 5.38. The lowest BCUT2D eigenvalue weighted by Gasteiger charge is -2.29. The van der Waals surface area contributed by atoms with Gasteiger partial charge in [-0.15, -0.1) is 0 Å². The van der Waals surface area contributed by atoms with Crippen molar-refractivity contribution in [1.29, 1.82) is 0 Å². The van der Waals surface area contributed by atoms with Gasteiger partial charge in [-0.3, -0.25) is 4.79 Å². The van der Waals surface area contributed by atoms with Crippen LogP contribution in [0.15, 0.2) is 18.2 Å². The molecule has 19 heavy (non-hydrogen) atoms. The summed E-state index contributed by atoms with van der Waals surface area (Å²) in [6, 6.07) is 5.93. The van der Waals surface area contributed by atoms with Crippen LogP contribution in [-0.4, -0.2) is 25.0 Å². The number of hydrogen-bond acceptors (Lipinski definition) is 4. The quantitative estimate of drug-likeness (QED) is 0.647. The Morgan fingerprint density at radius 2 is 2.11 bits per heavy atom. The van der Waals surface area contributed by atoms with Crippen LogP contribution in [0.3, 0.4) is 0 Å². The van der Waals surface area contributed by atoms with Gasteiger partial charge in [-0.1, -0.05) is 0 Å². The summed E-state index contributed by atoms with van der Waals surface area (Å²) in [5.74, 6) is 0.629. The van der Waals surface area contributed by atoms with Gasteiger partial charge in [0.15, 0.2) is 5.78 Å². The Morgan fingerprint density at radius 3 is 2.68 bits per heavy atom. The number of carbonyl (C=O) groups excluding carboxylic acids is 1. The highest BCUT2D eigenvalue weighted by atomic mass is 16.5. The fourth-order valence-corrected chi connectivity index (χ4v) is 2.57. The molecule has 0 radical (unpaired) electrons. The number of carbonyl (C=O) groups is 1. The molecule has 0 bridgehead atoms. The van der Waals surface area contributed by atoms with Crippen molar-refractivity contribution in [1.82, 2.24) is 0 Å². The minimum Gasteiger partial charge on any atom is -0.398 e. The Labute approximate surface area is 114 Å². The molecule has 1 saturated heterocycles. The van der Waals surface area contributed by atoms with E-state index in [0.29, 0.717) is 23.2 Å². The molecule has 1 aliphatic rings. The molecule has 4 heteroatoms. The highest BCUT2D eigenvalue weighted by molar-refractivity contribution is 5.99. The van der Waals surface area contributed by atoms with Gasteiger partial charge in [0.25, 0.3) is 0 Å². The van der Waals surface area contributed by atoms with Crippen molar-refractivity contribution < 1.29 is 9.53 Å². The largest absolute Gasteiger partial charge is 0.398 e. The van der Waals surface area contributed by atoms with E-state index in [1.54, 1.807) is 6.07 Å². The lowest BCUT2D eigenvalue weighted by Crippen LogP contribution is -2.31. The number of ketones is 1. The van der Waals surface area contributed by atoms with Crippen molar-refractivity contribution >= 4 is 17.2 Å². The molecule has 0 aliphatic carbocycles. The minimum atomic E-state index is 0.00141. The van der Waals surface area contributed by atoms with Gasteiger partial charge < -0.3 is 15.8 Å². The highest BCUT2D eigenvalue weighted by Crippen LogP contribution is 2.24. The second-order valence-electron chi connectivity index (χ2n) is 5.24. The number of nitrogens with one attached hydrogen (secondary N) is 1. The summed E-state index contributed by atoms with van der Waals surface area (Å²) in [5.41, 5.74) is 8.00. The van der Waals surface area contributed by atoms with E-state index in [0.717, 1.165) is 31.7 Å². The average Bonchev–Trinajstić information content (AvgIpc) is 2.39. The van der Waals surface area contributed by atoms with Crippen LogP contribution in [0.1, 0.15) is 37.0 Å². The van der Waals surface area contributed by atoms with Gasteiger partial charge in [0.2, 0.25) is 0 Å². The third kappa shape index (κ3) is 3.47. The van der Waals surface area contributed by atoms with E-state index in [4.69, 9.17) is 10.5 Å². The number of rotatable bonds is 4. The number of Topliss-reactive ketones (excluding diaryl/α,β-unsaturated/α-hetero) is 1. The van der Waals surface area contributed by atoms with E-state index in [1.165, 1.54) is 6.92 Å². The van der Waals surface area contributed by atoms with Gasteiger partial charge in [-0.2, -0.15) is 0 Å². The number of nitrogen functional groups attached to an aromatic ring is 1. The van der Waals surface area contributed by atoms with Gasteiger partial charge in [0.05, 0.1) is 0 Å². The van der Waals surface area contributed by atoms with Crippen LogP contribution in [0.2, 0.25) is 0 Å². The number of anilines is 2. The molecule has 104 valence electrons. The van der Waals surface area contributed by atoms with E-state index in [-0.39, 0.29) is 5.78 Å². The van der Waals surface area contributed by atoms with Crippen molar-refractivity contribution in [2.45, 2.75) is 32.7 Å². The Morgan fingerprint density at radius 1 is 1.42 bits per heavy atom. The summed E-state index contributed by atoms with van der Waals surface area (Å²) in [6.45, 7) is 5.42. The normalized spacial score (nSPS) is 18.0. The molecule has 0 aromatic heterocycles. The molecular formula is C15H22N2O2. The van der Waals surface area contributed by atoms with Crippen LogP contribution >= 0.6 is 0 Å². The van der Waals surface area contributed by atoms with E-state index < -0.39 is 0 Å². The Bertz CT molecular complexity index is 453. The van der Waals surface area contributed by atoms with Crippen molar-refractivity contribution in [3.63, 3.8) is 0 Å². The van der Waals surface area contributed by atoms with Crippen LogP contribution in [0.25, 0.3) is 0 Å². The molecule has 1 aliphatic heterocycles. The summed E-state index contributed by atoms with van der Waals surface area (Å²) >= 11 is 0.